The van der Waals surface area contributed by atoms with Crippen LogP contribution < -0.4 is 10.6 Å². The minimum atomic E-state index is -0.182. The molecule has 22 heavy (non-hydrogen) atoms. The van der Waals surface area contributed by atoms with Gasteiger partial charge in [-0.25, -0.2) is 4.79 Å². The maximum Gasteiger partial charge on any atom is 0.315 e. The number of amides is 2. The van der Waals surface area contributed by atoms with Crippen molar-refractivity contribution in [3.05, 3.63) is 52.7 Å². The highest BCUT2D eigenvalue weighted by Crippen LogP contribution is 2.34. The number of hydrogen-bond acceptors (Lipinski definition) is 3. The monoisotopic (exact) mass is 314 g/mol. The van der Waals surface area contributed by atoms with Crippen LogP contribution in [0.3, 0.4) is 0 Å². The number of carbonyl (C=O) groups is 1. The van der Waals surface area contributed by atoms with Crippen molar-refractivity contribution < 1.29 is 4.79 Å². The highest BCUT2D eigenvalue weighted by molar-refractivity contribution is 7.19. The summed E-state index contributed by atoms with van der Waals surface area (Å²) in [5.74, 6) is 0. The number of fused-ring (bicyclic) bond motifs is 1. The normalized spacial score (nSPS) is 12.3. The second-order valence-corrected chi connectivity index (χ2v) is 6.30. The van der Waals surface area contributed by atoms with E-state index in [1.165, 1.54) is 20.5 Å². The molecule has 0 unspecified atom stereocenters. The van der Waals surface area contributed by atoms with Crippen LogP contribution in [-0.2, 0) is 6.54 Å². The van der Waals surface area contributed by atoms with E-state index < -0.39 is 0 Å². The van der Waals surface area contributed by atoms with Crippen LogP contribution in [0, 0.1) is 6.92 Å². The Hall–Kier alpha value is -2.34. The van der Waals surface area contributed by atoms with E-state index in [2.05, 4.69) is 39.9 Å². The van der Waals surface area contributed by atoms with Gasteiger partial charge in [-0.15, -0.1) is 11.3 Å². The van der Waals surface area contributed by atoms with Crippen molar-refractivity contribution in [3.8, 4) is 0 Å². The van der Waals surface area contributed by atoms with E-state index in [1.54, 1.807) is 17.5 Å². The van der Waals surface area contributed by atoms with Gasteiger partial charge in [-0.1, -0.05) is 18.2 Å². The third-order valence-electron chi connectivity index (χ3n) is 3.62. The Morgan fingerprint density at radius 1 is 1.36 bits per heavy atom. The number of nitrogens with zero attached hydrogens (tertiary/aromatic N) is 1. The van der Waals surface area contributed by atoms with E-state index in [0.29, 0.717) is 6.54 Å². The van der Waals surface area contributed by atoms with Crippen LogP contribution >= 0.6 is 11.3 Å². The topological polar surface area (TPSA) is 69.8 Å². The number of rotatable bonds is 4. The van der Waals surface area contributed by atoms with Crippen LogP contribution in [0.4, 0.5) is 4.79 Å². The van der Waals surface area contributed by atoms with Crippen LogP contribution in [0.2, 0.25) is 0 Å². The highest BCUT2D eigenvalue weighted by atomic mass is 32.1. The maximum atomic E-state index is 12.0. The summed E-state index contributed by atoms with van der Waals surface area (Å²) in [7, 11) is 0. The molecule has 1 atom stereocenters. The Morgan fingerprint density at radius 3 is 2.91 bits per heavy atom. The second-order valence-electron chi connectivity index (χ2n) is 5.22. The number of hydrogen-bond donors (Lipinski definition) is 3. The molecule has 1 aromatic carbocycles. The summed E-state index contributed by atoms with van der Waals surface area (Å²) in [6, 6.07) is 9.94. The first-order valence-corrected chi connectivity index (χ1v) is 7.97. The molecule has 0 saturated carbocycles. The maximum absolute atomic E-state index is 12.0. The van der Waals surface area contributed by atoms with Gasteiger partial charge in [0.2, 0.25) is 0 Å². The number of aromatic amines is 1. The van der Waals surface area contributed by atoms with Crippen molar-refractivity contribution in [2.24, 2.45) is 0 Å². The van der Waals surface area contributed by atoms with Crippen molar-refractivity contribution in [2.45, 2.75) is 26.4 Å². The van der Waals surface area contributed by atoms with E-state index in [0.717, 1.165) is 5.69 Å². The Kier molecular flexibility index (Phi) is 4.11. The summed E-state index contributed by atoms with van der Waals surface area (Å²) in [5, 5.41) is 13.7. The predicted octanol–water partition coefficient (Wildman–Crippen LogP) is 3.49. The zero-order valence-electron chi connectivity index (χ0n) is 12.5. The first-order valence-electron chi connectivity index (χ1n) is 7.16. The largest absolute Gasteiger partial charge is 0.333 e. The Labute approximate surface area is 132 Å². The number of aryl methyl sites for hydroxylation is 1. The summed E-state index contributed by atoms with van der Waals surface area (Å²) in [6.45, 7) is 4.55. The number of H-pyrrole nitrogens is 1. The third-order valence-corrected chi connectivity index (χ3v) is 5.07. The van der Waals surface area contributed by atoms with Gasteiger partial charge >= 0.3 is 6.03 Å². The molecule has 2 amide bonds. The minimum Gasteiger partial charge on any atom is -0.333 e. The summed E-state index contributed by atoms with van der Waals surface area (Å²) < 4.78 is 1.25. The number of thiophene rings is 1. The van der Waals surface area contributed by atoms with Crippen LogP contribution in [-0.4, -0.2) is 16.2 Å². The van der Waals surface area contributed by atoms with E-state index in [4.69, 9.17) is 0 Å². The molecule has 0 aliphatic rings. The lowest BCUT2D eigenvalue weighted by molar-refractivity contribution is 0.237. The van der Waals surface area contributed by atoms with E-state index in [1.807, 2.05) is 25.1 Å². The second kappa shape index (κ2) is 6.19. The molecule has 0 radical (unpaired) electrons. The average Bonchev–Trinajstić information content (AvgIpc) is 3.14. The lowest BCUT2D eigenvalue weighted by Crippen LogP contribution is -2.36. The minimum absolute atomic E-state index is 0.0285. The van der Waals surface area contributed by atoms with Crippen LogP contribution in [0.5, 0.6) is 0 Å². The van der Waals surface area contributed by atoms with Gasteiger partial charge in [0.1, 0.15) is 0 Å². The quantitative estimate of drug-likeness (QED) is 0.690. The van der Waals surface area contributed by atoms with Gasteiger partial charge in [-0.2, -0.15) is 5.10 Å². The van der Waals surface area contributed by atoms with Gasteiger partial charge in [-0.05, 0) is 36.9 Å². The van der Waals surface area contributed by atoms with Crippen LogP contribution in [0.15, 0.2) is 36.5 Å². The molecule has 0 bridgehead atoms. The van der Waals surface area contributed by atoms with Crippen molar-refractivity contribution >= 4 is 27.5 Å². The van der Waals surface area contributed by atoms with Gasteiger partial charge in [0.15, 0.2) is 0 Å². The smallest absolute Gasteiger partial charge is 0.315 e. The highest BCUT2D eigenvalue weighted by Gasteiger charge is 2.16. The molecular weight excluding hydrogens is 296 g/mol. The number of urea groups is 1. The Balaban J connectivity index is 1.66. The first kappa shape index (κ1) is 14.6. The SMILES string of the molecule is Cc1c([C@H](C)NC(=O)NCc2ccn[nH]2)sc2ccccc12. The van der Waals surface area contributed by atoms with E-state index >= 15 is 0 Å². The van der Waals surface area contributed by atoms with Gasteiger partial charge < -0.3 is 10.6 Å². The molecule has 0 fully saturated rings. The summed E-state index contributed by atoms with van der Waals surface area (Å²) in [4.78, 5) is 13.2. The molecule has 3 N–H and O–H groups in total. The van der Waals surface area contributed by atoms with Gasteiger partial charge in [0, 0.05) is 15.8 Å². The fourth-order valence-electron chi connectivity index (χ4n) is 2.48. The molecule has 0 spiro atoms. The molecule has 5 nitrogen and oxygen atoms in total. The summed E-state index contributed by atoms with van der Waals surface area (Å²) >= 11 is 1.73. The number of nitrogens with one attached hydrogen (secondary N) is 3. The first-order chi connectivity index (χ1) is 10.6. The van der Waals surface area contributed by atoms with Gasteiger partial charge in [0.25, 0.3) is 0 Å². The lowest BCUT2D eigenvalue weighted by atomic mass is 10.1. The summed E-state index contributed by atoms with van der Waals surface area (Å²) in [6.07, 6.45) is 1.66. The number of aromatic nitrogens is 2. The summed E-state index contributed by atoms with van der Waals surface area (Å²) in [5.41, 5.74) is 2.11. The van der Waals surface area contributed by atoms with Gasteiger partial charge in [-0.3, -0.25) is 5.10 Å². The molecular formula is C16H18N4OS. The zero-order valence-corrected chi connectivity index (χ0v) is 13.3. The number of benzene rings is 1. The molecule has 3 aromatic rings. The predicted molar refractivity (Wildman–Crippen MR) is 88.9 cm³/mol. The molecule has 0 aliphatic heterocycles. The Morgan fingerprint density at radius 2 is 2.18 bits per heavy atom. The fourth-order valence-corrected chi connectivity index (χ4v) is 3.69. The van der Waals surface area contributed by atoms with Crippen molar-refractivity contribution in [1.82, 2.24) is 20.8 Å². The number of carbonyl (C=O) groups excluding carboxylic acids is 1. The molecule has 6 heteroatoms. The zero-order chi connectivity index (χ0) is 15.5. The standard InChI is InChI=1S/C16H18N4OS/c1-10-13-5-3-4-6-14(13)22-15(10)11(2)19-16(21)17-9-12-7-8-18-20-12/h3-8,11H,9H2,1-2H3,(H,18,20)(H2,17,19,21)/t11-/m0/s1. The molecule has 0 aliphatic carbocycles. The van der Waals surface area contributed by atoms with Crippen molar-refractivity contribution in [3.63, 3.8) is 0 Å². The lowest BCUT2D eigenvalue weighted by Gasteiger charge is -2.14. The van der Waals surface area contributed by atoms with E-state index in [9.17, 15) is 4.79 Å². The third kappa shape index (κ3) is 2.96. The van der Waals surface area contributed by atoms with Gasteiger partial charge in [0.05, 0.1) is 18.3 Å². The van der Waals surface area contributed by atoms with Crippen LogP contribution in [0.25, 0.3) is 10.1 Å². The molecule has 2 heterocycles. The molecule has 0 saturated heterocycles. The molecule has 2 aromatic heterocycles. The van der Waals surface area contributed by atoms with Crippen molar-refractivity contribution in [2.75, 3.05) is 0 Å². The molecule has 114 valence electrons. The average molecular weight is 314 g/mol. The van der Waals surface area contributed by atoms with E-state index in [-0.39, 0.29) is 12.1 Å². The van der Waals surface area contributed by atoms with Crippen LogP contribution in [0.1, 0.15) is 29.1 Å². The fraction of sp³-hybridized carbons (Fsp3) is 0.250. The molecule has 3 rings (SSSR count). The van der Waals surface area contributed by atoms with Crippen molar-refractivity contribution in [1.29, 1.82) is 0 Å². The Bertz CT molecular complexity index is 779.